The number of nitrogens with one attached hydrogen (secondary N) is 2. The third-order valence-electron chi connectivity index (χ3n) is 6.49. The first-order chi connectivity index (χ1) is 16.9. The zero-order chi connectivity index (χ0) is 24.5. The number of rotatable bonds is 7. The van der Waals surface area contributed by atoms with E-state index < -0.39 is 24.0 Å². The van der Waals surface area contributed by atoms with Crippen LogP contribution >= 0.6 is 15.9 Å². The Balaban J connectivity index is 1.27. The number of carboxylic acid groups (broad SMARTS) is 1. The standard InChI is InChI=1S/C27H23BrN2O5/c28-22-11-5-10-20(26(32)33)24(22)29-25(31)23(15-12-13-15)30-27(34)35-14-21-18-8-3-1-6-16(18)17-7-2-4-9-19(17)21/h1-11,15,21,23H,12-14H2,(H,29,31)(H,30,34)(H,32,33). The number of halogens is 1. The van der Waals surface area contributed by atoms with Gasteiger partial charge in [0.2, 0.25) is 5.91 Å². The number of carboxylic acids is 1. The van der Waals surface area contributed by atoms with Gasteiger partial charge < -0.3 is 20.5 Å². The first kappa shape index (κ1) is 23.1. The molecule has 5 rings (SSSR count). The molecule has 0 saturated heterocycles. The van der Waals surface area contributed by atoms with E-state index in [9.17, 15) is 19.5 Å². The van der Waals surface area contributed by atoms with E-state index >= 15 is 0 Å². The highest BCUT2D eigenvalue weighted by Gasteiger charge is 2.38. The average Bonchev–Trinajstić information content (AvgIpc) is 3.64. The van der Waals surface area contributed by atoms with E-state index in [0.29, 0.717) is 4.47 Å². The van der Waals surface area contributed by atoms with E-state index in [1.165, 1.54) is 6.07 Å². The van der Waals surface area contributed by atoms with Gasteiger partial charge in [-0.1, -0.05) is 54.6 Å². The highest BCUT2D eigenvalue weighted by atomic mass is 79.9. The van der Waals surface area contributed by atoms with Crippen molar-refractivity contribution in [2.24, 2.45) is 5.92 Å². The van der Waals surface area contributed by atoms with Crippen molar-refractivity contribution in [3.05, 3.63) is 87.9 Å². The lowest BCUT2D eigenvalue weighted by Crippen LogP contribution is -2.46. The van der Waals surface area contributed by atoms with E-state index in [-0.39, 0.29) is 29.7 Å². The molecule has 1 fully saturated rings. The van der Waals surface area contributed by atoms with Crippen molar-refractivity contribution in [2.75, 3.05) is 11.9 Å². The Labute approximate surface area is 210 Å². The normalized spacial score (nSPS) is 15.0. The Hall–Kier alpha value is -3.65. The van der Waals surface area contributed by atoms with Crippen molar-refractivity contribution in [3.63, 3.8) is 0 Å². The number of anilines is 1. The number of amides is 2. The maximum Gasteiger partial charge on any atom is 0.407 e. The molecule has 2 aliphatic rings. The van der Waals surface area contributed by atoms with E-state index in [0.717, 1.165) is 35.1 Å². The van der Waals surface area contributed by atoms with Crippen molar-refractivity contribution in [1.82, 2.24) is 5.32 Å². The van der Waals surface area contributed by atoms with Crippen molar-refractivity contribution in [1.29, 1.82) is 0 Å². The molecule has 35 heavy (non-hydrogen) atoms. The van der Waals surface area contributed by atoms with Gasteiger partial charge in [0.05, 0.1) is 11.3 Å². The van der Waals surface area contributed by atoms with Crippen LogP contribution in [0.4, 0.5) is 10.5 Å². The topological polar surface area (TPSA) is 105 Å². The van der Waals surface area contributed by atoms with Crippen molar-refractivity contribution in [3.8, 4) is 11.1 Å². The summed E-state index contributed by atoms with van der Waals surface area (Å²) in [6, 6.07) is 20.0. The molecule has 1 saturated carbocycles. The summed E-state index contributed by atoms with van der Waals surface area (Å²) in [6.45, 7) is 0.145. The maximum absolute atomic E-state index is 13.0. The summed E-state index contributed by atoms with van der Waals surface area (Å²) in [6.07, 6.45) is 0.914. The fraction of sp³-hybridized carbons (Fsp3) is 0.222. The molecule has 8 heteroatoms. The Bertz CT molecular complexity index is 1270. The lowest BCUT2D eigenvalue weighted by Gasteiger charge is -2.20. The maximum atomic E-state index is 13.0. The van der Waals surface area contributed by atoms with Crippen molar-refractivity contribution in [2.45, 2.75) is 24.8 Å². The Kier molecular flexibility index (Phi) is 6.30. The van der Waals surface area contributed by atoms with Crippen LogP contribution in [0.25, 0.3) is 11.1 Å². The second-order valence-electron chi connectivity index (χ2n) is 8.74. The number of hydrogen-bond acceptors (Lipinski definition) is 4. The fourth-order valence-electron chi connectivity index (χ4n) is 4.62. The highest BCUT2D eigenvalue weighted by Crippen LogP contribution is 2.44. The molecule has 3 aromatic rings. The smallest absolute Gasteiger partial charge is 0.407 e. The second kappa shape index (κ2) is 9.54. The Morgan fingerprint density at radius 3 is 2.17 bits per heavy atom. The highest BCUT2D eigenvalue weighted by molar-refractivity contribution is 9.10. The van der Waals surface area contributed by atoms with Crippen LogP contribution in [0.15, 0.2) is 71.2 Å². The Morgan fingerprint density at radius 2 is 1.57 bits per heavy atom. The molecule has 0 bridgehead atoms. The number of hydrogen-bond donors (Lipinski definition) is 3. The number of benzene rings is 3. The van der Waals surface area contributed by atoms with Gasteiger partial charge in [-0.3, -0.25) is 4.79 Å². The van der Waals surface area contributed by atoms with Crippen LogP contribution < -0.4 is 10.6 Å². The van der Waals surface area contributed by atoms with Gasteiger partial charge in [-0.15, -0.1) is 0 Å². The number of ether oxygens (including phenoxy) is 1. The number of para-hydroxylation sites is 1. The SMILES string of the molecule is O=C(NC(C(=O)Nc1c(Br)cccc1C(=O)O)C1CC1)OCC1c2ccccc2-c2ccccc21. The average molecular weight is 535 g/mol. The molecule has 2 amide bonds. The van der Waals surface area contributed by atoms with E-state index in [1.807, 2.05) is 36.4 Å². The molecule has 0 heterocycles. The van der Waals surface area contributed by atoms with Crippen LogP contribution in [0.1, 0.15) is 40.2 Å². The molecule has 0 aliphatic heterocycles. The number of aromatic carboxylic acids is 1. The van der Waals surface area contributed by atoms with Crippen LogP contribution in [0, 0.1) is 5.92 Å². The second-order valence-corrected chi connectivity index (χ2v) is 9.60. The third-order valence-corrected chi connectivity index (χ3v) is 7.15. The molecule has 3 N–H and O–H groups in total. The first-order valence-electron chi connectivity index (χ1n) is 11.4. The monoisotopic (exact) mass is 534 g/mol. The predicted molar refractivity (Wildman–Crippen MR) is 134 cm³/mol. The van der Waals surface area contributed by atoms with Crippen molar-refractivity contribution < 1.29 is 24.2 Å². The number of fused-ring (bicyclic) bond motifs is 3. The summed E-state index contributed by atoms with van der Waals surface area (Å²) in [5.74, 6) is -1.74. The van der Waals surface area contributed by atoms with Gasteiger partial charge in [-0.25, -0.2) is 9.59 Å². The van der Waals surface area contributed by atoms with Crippen LogP contribution in [-0.2, 0) is 9.53 Å². The largest absolute Gasteiger partial charge is 0.478 e. The summed E-state index contributed by atoms with van der Waals surface area (Å²) < 4.78 is 6.05. The summed E-state index contributed by atoms with van der Waals surface area (Å²) in [4.78, 5) is 37.4. The minimum Gasteiger partial charge on any atom is -0.478 e. The summed E-state index contributed by atoms with van der Waals surface area (Å²) >= 11 is 3.30. The van der Waals surface area contributed by atoms with Gasteiger partial charge >= 0.3 is 12.1 Å². The minimum atomic E-state index is -1.16. The van der Waals surface area contributed by atoms with Gasteiger partial charge in [0.1, 0.15) is 12.6 Å². The molecule has 178 valence electrons. The van der Waals surface area contributed by atoms with Gasteiger partial charge in [0.25, 0.3) is 0 Å². The molecule has 0 aromatic heterocycles. The molecule has 0 spiro atoms. The van der Waals surface area contributed by atoms with E-state index in [1.54, 1.807) is 12.1 Å². The van der Waals surface area contributed by atoms with Crippen LogP contribution in [0.5, 0.6) is 0 Å². The molecule has 1 atom stereocenters. The Morgan fingerprint density at radius 1 is 0.943 bits per heavy atom. The molecule has 3 aromatic carbocycles. The van der Waals surface area contributed by atoms with Gasteiger partial charge in [0.15, 0.2) is 0 Å². The molecule has 2 aliphatic carbocycles. The summed E-state index contributed by atoms with van der Waals surface area (Å²) in [7, 11) is 0. The number of carbonyl (C=O) groups is 3. The van der Waals surface area contributed by atoms with Gasteiger partial charge in [-0.2, -0.15) is 0 Å². The van der Waals surface area contributed by atoms with Crippen LogP contribution in [0.2, 0.25) is 0 Å². The predicted octanol–water partition coefficient (Wildman–Crippen LogP) is 5.40. The van der Waals surface area contributed by atoms with Crippen molar-refractivity contribution >= 4 is 39.6 Å². The zero-order valence-electron chi connectivity index (χ0n) is 18.7. The third kappa shape index (κ3) is 4.66. The molecular weight excluding hydrogens is 512 g/mol. The fourth-order valence-corrected chi connectivity index (χ4v) is 5.09. The van der Waals surface area contributed by atoms with Crippen LogP contribution in [-0.4, -0.2) is 35.7 Å². The quantitative estimate of drug-likeness (QED) is 0.376. The summed E-state index contributed by atoms with van der Waals surface area (Å²) in [5.41, 5.74) is 4.60. The lowest BCUT2D eigenvalue weighted by molar-refractivity contribution is -0.118. The number of carbonyl (C=O) groups excluding carboxylic acids is 2. The van der Waals surface area contributed by atoms with Gasteiger partial charge in [0, 0.05) is 10.4 Å². The number of alkyl carbamates (subject to hydrolysis) is 1. The molecule has 7 nitrogen and oxygen atoms in total. The van der Waals surface area contributed by atoms with Gasteiger partial charge in [-0.05, 0) is 69.1 Å². The van der Waals surface area contributed by atoms with E-state index in [4.69, 9.17) is 4.74 Å². The molecule has 1 unspecified atom stereocenters. The lowest BCUT2D eigenvalue weighted by atomic mass is 9.98. The van der Waals surface area contributed by atoms with E-state index in [2.05, 4.69) is 38.7 Å². The van der Waals surface area contributed by atoms with Crippen LogP contribution in [0.3, 0.4) is 0 Å². The molecular formula is C27H23BrN2O5. The molecule has 0 radical (unpaired) electrons. The minimum absolute atomic E-state index is 0.0220. The zero-order valence-corrected chi connectivity index (χ0v) is 20.2. The first-order valence-corrected chi connectivity index (χ1v) is 12.2. The summed E-state index contributed by atoms with van der Waals surface area (Å²) in [5, 5.41) is 14.8.